The topological polar surface area (TPSA) is 69.7 Å². The lowest BCUT2D eigenvalue weighted by Gasteiger charge is -2.34. The highest BCUT2D eigenvalue weighted by molar-refractivity contribution is 7.89. The number of hydrogen-bond acceptors (Lipinski definition) is 4. The Balaban J connectivity index is 1.52. The van der Waals surface area contributed by atoms with E-state index in [1.165, 1.54) is 4.31 Å². The van der Waals surface area contributed by atoms with Crippen LogP contribution in [0.5, 0.6) is 0 Å². The van der Waals surface area contributed by atoms with Gasteiger partial charge >= 0.3 is 0 Å². The van der Waals surface area contributed by atoms with E-state index in [9.17, 15) is 13.2 Å². The Morgan fingerprint density at radius 2 is 1.84 bits per heavy atom. The molecule has 2 saturated heterocycles. The van der Waals surface area contributed by atoms with Gasteiger partial charge in [-0.1, -0.05) is 17.7 Å². The van der Waals surface area contributed by atoms with E-state index >= 15 is 0 Å². The van der Waals surface area contributed by atoms with E-state index in [0.717, 1.165) is 31.5 Å². The number of benzene rings is 1. The highest BCUT2D eigenvalue weighted by Gasteiger charge is 2.30. The molecule has 1 amide bonds. The zero-order valence-corrected chi connectivity index (χ0v) is 15.6. The number of nitrogens with one attached hydrogen (secondary N) is 1. The molecule has 0 saturated carbocycles. The molecule has 3 rings (SSSR count). The molecule has 1 unspecified atom stereocenters. The first-order valence-electron chi connectivity index (χ1n) is 9.02. The number of aryl methyl sites for hydroxylation is 1. The Morgan fingerprint density at radius 1 is 1.16 bits per heavy atom. The average Bonchev–Trinajstić information content (AvgIpc) is 3.14. The Morgan fingerprint density at radius 3 is 2.44 bits per heavy atom. The van der Waals surface area contributed by atoms with Crippen molar-refractivity contribution in [2.24, 2.45) is 5.92 Å². The summed E-state index contributed by atoms with van der Waals surface area (Å²) >= 11 is 0. The third kappa shape index (κ3) is 4.40. The lowest BCUT2D eigenvalue weighted by atomic mass is 10.0. The minimum atomic E-state index is -3.47. The van der Waals surface area contributed by atoms with Crippen molar-refractivity contribution >= 4 is 15.9 Å². The molecule has 2 fully saturated rings. The predicted molar refractivity (Wildman–Crippen MR) is 96.7 cm³/mol. The molecule has 1 N–H and O–H groups in total. The summed E-state index contributed by atoms with van der Waals surface area (Å²) in [6.45, 7) is 5.69. The Labute approximate surface area is 150 Å². The number of sulfonamides is 1. The number of carbonyl (C=O) groups is 1. The standard InChI is InChI=1S/C18H27N3O3S/c1-15-2-5-17(6-3-15)25(23,24)21-12-10-20(11-13-21)18(22)7-4-16-8-9-19-14-16/h2-3,5-6,16,19H,4,7-14H2,1H3. The fraction of sp³-hybridized carbons (Fsp3) is 0.611. The second kappa shape index (κ2) is 7.85. The third-order valence-electron chi connectivity index (χ3n) is 5.18. The first kappa shape index (κ1) is 18.4. The van der Waals surface area contributed by atoms with Crippen molar-refractivity contribution in [1.29, 1.82) is 0 Å². The smallest absolute Gasteiger partial charge is 0.243 e. The van der Waals surface area contributed by atoms with Gasteiger partial charge in [0.25, 0.3) is 0 Å². The van der Waals surface area contributed by atoms with Gasteiger partial charge in [0, 0.05) is 32.6 Å². The quantitative estimate of drug-likeness (QED) is 0.852. The molecule has 1 aromatic carbocycles. The maximum Gasteiger partial charge on any atom is 0.243 e. The third-order valence-corrected chi connectivity index (χ3v) is 7.09. The van der Waals surface area contributed by atoms with E-state index in [0.29, 0.717) is 43.4 Å². The molecule has 0 spiro atoms. The van der Waals surface area contributed by atoms with Gasteiger partial charge in [-0.3, -0.25) is 4.79 Å². The van der Waals surface area contributed by atoms with Crippen LogP contribution in [0, 0.1) is 12.8 Å². The molecule has 1 aromatic rings. The summed E-state index contributed by atoms with van der Waals surface area (Å²) in [6, 6.07) is 6.92. The average molecular weight is 365 g/mol. The fourth-order valence-corrected chi connectivity index (χ4v) is 4.91. The van der Waals surface area contributed by atoms with Gasteiger partial charge in [-0.15, -0.1) is 0 Å². The van der Waals surface area contributed by atoms with Gasteiger partial charge in [-0.25, -0.2) is 8.42 Å². The van der Waals surface area contributed by atoms with E-state index in [-0.39, 0.29) is 5.91 Å². The SMILES string of the molecule is Cc1ccc(S(=O)(=O)N2CCN(C(=O)CCC3CCNC3)CC2)cc1. The van der Waals surface area contributed by atoms with Crippen LogP contribution in [-0.2, 0) is 14.8 Å². The van der Waals surface area contributed by atoms with Crippen molar-refractivity contribution in [2.75, 3.05) is 39.3 Å². The monoisotopic (exact) mass is 365 g/mol. The molecule has 2 aliphatic heterocycles. The van der Waals surface area contributed by atoms with Gasteiger partial charge in [-0.05, 0) is 50.9 Å². The molecule has 0 bridgehead atoms. The molecule has 138 valence electrons. The van der Waals surface area contributed by atoms with Crippen LogP contribution in [0.4, 0.5) is 0 Å². The maximum absolute atomic E-state index is 12.7. The molecule has 7 heteroatoms. The Kier molecular flexibility index (Phi) is 5.76. The number of rotatable bonds is 5. The van der Waals surface area contributed by atoms with Crippen molar-refractivity contribution in [3.63, 3.8) is 0 Å². The van der Waals surface area contributed by atoms with Crippen LogP contribution in [0.2, 0.25) is 0 Å². The van der Waals surface area contributed by atoms with Gasteiger partial charge in [0.2, 0.25) is 15.9 Å². The summed E-state index contributed by atoms with van der Waals surface area (Å²) in [5.74, 6) is 0.756. The van der Waals surface area contributed by atoms with Gasteiger partial charge in [-0.2, -0.15) is 4.31 Å². The molecule has 25 heavy (non-hydrogen) atoms. The van der Waals surface area contributed by atoms with Gasteiger partial charge in [0.15, 0.2) is 0 Å². The van der Waals surface area contributed by atoms with Crippen LogP contribution in [0.25, 0.3) is 0 Å². The van der Waals surface area contributed by atoms with Crippen molar-refractivity contribution in [2.45, 2.75) is 31.1 Å². The zero-order chi connectivity index (χ0) is 17.9. The summed E-state index contributed by atoms with van der Waals surface area (Å²) in [6.07, 6.45) is 2.64. The van der Waals surface area contributed by atoms with Crippen LogP contribution in [-0.4, -0.2) is 62.8 Å². The molecular formula is C18H27N3O3S. The number of carbonyl (C=O) groups excluding carboxylic acids is 1. The first-order valence-corrected chi connectivity index (χ1v) is 10.5. The van der Waals surface area contributed by atoms with Crippen LogP contribution < -0.4 is 5.32 Å². The van der Waals surface area contributed by atoms with Gasteiger partial charge < -0.3 is 10.2 Å². The minimum absolute atomic E-state index is 0.152. The normalized spacial score (nSPS) is 22.3. The predicted octanol–water partition coefficient (Wildman–Crippen LogP) is 1.22. The molecule has 1 atom stereocenters. The second-order valence-electron chi connectivity index (χ2n) is 7.00. The highest BCUT2D eigenvalue weighted by atomic mass is 32.2. The van der Waals surface area contributed by atoms with Gasteiger partial charge in [0.05, 0.1) is 4.90 Å². The lowest BCUT2D eigenvalue weighted by molar-refractivity contribution is -0.132. The molecule has 2 heterocycles. The van der Waals surface area contributed by atoms with Crippen LogP contribution in [0.1, 0.15) is 24.8 Å². The summed E-state index contributed by atoms with van der Waals surface area (Å²) in [7, 11) is -3.47. The number of nitrogens with zero attached hydrogens (tertiary/aromatic N) is 2. The maximum atomic E-state index is 12.7. The van der Waals surface area contributed by atoms with E-state index in [1.807, 2.05) is 24.0 Å². The summed E-state index contributed by atoms with van der Waals surface area (Å²) < 4.78 is 26.9. The van der Waals surface area contributed by atoms with Crippen LogP contribution in [0.3, 0.4) is 0 Å². The summed E-state index contributed by atoms with van der Waals surface area (Å²) in [5, 5.41) is 3.32. The minimum Gasteiger partial charge on any atom is -0.340 e. The zero-order valence-electron chi connectivity index (χ0n) is 14.8. The van der Waals surface area contributed by atoms with Crippen molar-refractivity contribution in [3.05, 3.63) is 29.8 Å². The molecule has 0 radical (unpaired) electrons. The lowest BCUT2D eigenvalue weighted by Crippen LogP contribution is -2.50. The molecule has 0 aromatic heterocycles. The summed E-state index contributed by atoms with van der Waals surface area (Å²) in [5.41, 5.74) is 1.03. The van der Waals surface area contributed by atoms with Crippen LogP contribution in [0.15, 0.2) is 29.2 Å². The molecule has 6 nitrogen and oxygen atoms in total. The van der Waals surface area contributed by atoms with Crippen molar-refractivity contribution in [3.8, 4) is 0 Å². The number of amides is 1. The molecular weight excluding hydrogens is 338 g/mol. The van der Waals surface area contributed by atoms with E-state index in [2.05, 4.69) is 5.32 Å². The van der Waals surface area contributed by atoms with Crippen molar-refractivity contribution < 1.29 is 13.2 Å². The van der Waals surface area contributed by atoms with E-state index < -0.39 is 10.0 Å². The molecule has 0 aliphatic carbocycles. The fourth-order valence-electron chi connectivity index (χ4n) is 3.48. The molecule has 2 aliphatic rings. The number of piperazine rings is 1. The van der Waals surface area contributed by atoms with Crippen LogP contribution >= 0.6 is 0 Å². The van der Waals surface area contributed by atoms with E-state index in [1.54, 1.807) is 12.1 Å². The Bertz CT molecular complexity index is 689. The second-order valence-corrected chi connectivity index (χ2v) is 8.93. The van der Waals surface area contributed by atoms with Gasteiger partial charge in [0.1, 0.15) is 0 Å². The first-order chi connectivity index (χ1) is 12.0. The number of hydrogen-bond donors (Lipinski definition) is 1. The summed E-state index contributed by atoms with van der Waals surface area (Å²) in [4.78, 5) is 14.5. The highest BCUT2D eigenvalue weighted by Crippen LogP contribution is 2.19. The van der Waals surface area contributed by atoms with Crippen molar-refractivity contribution in [1.82, 2.24) is 14.5 Å². The largest absolute Gasteiger partial charge is 0.340 e. The Hall–Kier alpha value is -1.44. The van der Waals surface area contributed by atoms with E-state index in [4.69, 9.17) is 0 Å².